The van der Waals surface area contributed by atoms with Gasteiger partial charge in [-0.2, -0.15) is 0 Å². The van der Waals surface area contributed by atoms with Crippen LogP contribution < -0.4 is 0 Å². The summed E-state index contributed by atoms with van der Waals surface area (Å²) < 4.78 is 0. The van der Waals surface area contributed by atoms with E-state index in [4.69, 9.17) is 0 Å². The molecule has 0 N–H and O–H groups in total. The van der Waals surface area contributed by atoms with Gasteiger partial charge in [0.25, 0.3) is 0 Å². The van der Waals surface area contributed by atoms with E-state index in [1.165, 1.54) is 32.1 Å². The van der Waals surface area contributed by atoms with Gasteiger partial charge >= 0.3 is 0 Å². The maximum atomic E-state index is 2.43. The van der Waals surface area contributed by atoms with E-state index in [0.717, 1.165) is 35.5 Å². The van der Waals surface area contributed by atoms with Gasteiger partial charge in [0.15, 0.2) is 0 Å². The van der Waals surface area contributed by atoms with Crippen molar-refractivity contribution in [3.8, 4) is 0 Å². The predicted molar refractivity (Wildman–Crippen MR) is 102 cm³/mol. The molecule has 0 nitrogen and oxygen atoms in total. The van der Waals surface area contributed by atoms with Gasteiger partial charge in [0.05, 0.1) is 0 Å². The van der Waals surface area contributed by atoms with Crippen LogP contribution in [-0.2, 0) is 0 Å². The average Bonchev–Trinajstić information content (AvgIpc) is 2.58. The van der Waals surface area contributed by atoms with Gasteiger partial charge in [-0.15, -0.1) is 0 Å². The number of hydrogen-bond donors (Lipinski definition) is 0. The third-order valence-electron chi connectivity index (χ3n) is 7.86. The molecule has 0 aliphatic heterocycles. The van der Waals surface area contributed by atoms with Crippen molar-refractivity contribution >= 4 is 0 Å². The predicted octanol–water partition coefficient (Wildman–Crippen LogP) is 7.62. The molecule has 23 heavy (non-hydrogen) atoms. The van der Waals surface area contributed by atoms with Crippen molar-refractivity contribution < 1.29 is 0 Å². The van der Waals surface area contributed by atoms with E-state index in [0.29, 0.717) is 0 Å². The summed E-state index contributed by atoms with van der Waals surface area (Å²) in [5.74, 6) is 6.36. The quantitative estimate of drug-likeness (QED) is 0.489. The van der Waals surface area contributed by atoms with Gasteiger partial charge in [-0.25, -0.2) is 0 Å². The monoisotopic (exact) mass is 318 g/mol. The normalized spacial score (nSPS) is 37.2. The van der Waals surface area contributed by atoms with Crippen LogP contribution in [0.1, 0.15) is 110 Å². The van der Waals surface area contributed by atoms with Crippen LogP contribution in [0.3, 0.4) is 0 Å². The molecule has 0 aromatic rings. The third-order valence-corrected chi connectivity index (χ3v) is 7.86. The molecule has 0 aromatic heterocycles. The first-order valence-electron chi connectivity index (χ1n) is 11.2. The molecular formula is C23H42. The highest BCUT2D eigenvalue weighted by Gasteiger charge is 2.28. The molecule has 0 aromatic carbocycles. The molecule has 3 fully saturated rings. The van der Waals surface area contributed by atoms with Crippen molar-refractivity contribution in [2.45, 2.75) is 110 Å². The van der Waals surface area contributed by atoms with E-state index in [9.17, 15) is 0 Å². The van der Waals surface area contributed by atoms with Gasteiger partial charge in [0.1, 0.15) is 0 Å². The zero-order chi connectivity index (χ0) is 16.1. The fourth-order valence-electron chi connectivity index (χ4n) is 6.16. The Kier molecular flexibility index (Phi) is 6.90. The van der Waals surface area contributed by atoms with Crippen molar-refractivity contribution in [2.75, 3.05) is 0 Å². The second-order valence-electron chi connectivity index (χ2n) is 9.89. The zero-order valence-electron chi connectivity index (χ0n) is 16.1. The van der Waals surface area contributed by atoms with Crippen molar-refractivity contribution in [1.82, 2.24) is 0 Å². The van der Waals surface area contributed by atoms with E-state index < -0.39 is 0 Å². The Balaban J connectivity index is 1.32. The maximum Gasteiger partial charge on any atom is -0.0391 e. The summed E-state index contributed by atoms with van der Waals surface area (Å²) in [7, 11) is 0. The Bertz CT molecular complexity index is 309. The molecule has 3 saturated carbocycles. The van der Waals surface area contributed by atoms with Gasteiger partial charge in [-0.3, -0.25) is 0 Å². The second kappa shape index (κ2) is 8.91. The van der Waals surface area contributed by atoms with Crippen LogP contribution in [0.5, 0.6) is 0 Å². The van der Waals surface area contributed by atoms with Crippen molar-refractivity contribution in [1.29, 1.82) is 0 Å². The Morgan fingerprint density at radius 2 is 0.913 bits per heavy atom. The summed E-state index contributed by atoms with van der Waals surface area (Å²) in [6.45, 7) is 4.86. The van der Waals surface area contributed by atoms with Gasteiger partial charge in [-0.1, -0.05) is 84.5 Å². The number of hydrogen-bond acceptors (Lipinski definition) is 0. The SMILES string of the molecule is CC(C)C1CCC(CC2CCC(CC3CCCCC3)CC2)CC1. The van der Waals surface area contributed by atoms with Gasteiger partial charge in [-0.05, 0) is 61.2 Å². The smallest absolute Gasteiger partial charge is 0.0391 e. The summed E-state index contributed by atoms with van der Waals surface area (Å²) >= 11 is 0. The zero-order valence-corrected chi connectivity index (χ0v) is 16.1. The fraction of sp³-hybridized carbons (Fsp3) is 1.00. The molecule has 3 rings (SSSR count). The van der Waals surface area contributed by atoms with Crippen LogP contribution in [0.25, 0.3) is 0 Å². The van der Waals surface area contributed by atoms with Crippen LogP contribution in [0.4, 0.5) is 0 Å². The molecule has 3 aliphatic rings. The molecule has 0 heterocycles. The molecule has 0 heteroatoms. The molecule has 0 amide bonds. The highest BCUT2D eigenvalue weighted by molar-refractivity contribution is 4.80. The summed E-state index contributed by atoms with van der Waals surface area (Å²) in [6.07, 6.45) is 23.3. The van der Waals surface area contributed by atoms with Crippen LogP contribution in [-0.4, -0.2) is 0 Å². The van der Waals surface area contributed by atoms with Crippen molar-refractivity contribution in [3.63, 3.8) is 0 Å². The summed E-state index contributed by atoms with van der Waals surface area (Å²) in [5, 5.41) is 0. The van der Waals surface area contributed by atoms with E-state index in [1.54, 1.807) is 64.2 Å². The fourth-order valence-corrected chi connectivity index (χ4v) is 6.16. The Labute approximate surface area is 146 Å². The van der Waals surface area contributed by atoms with Gasteiger partial charge in [0, 0.05) is 0 Å². The molecule has 0 spiro atoms. The van der Waals surface area contributed by atoms with E-state index >= 15 is 0 Å². The standard InChI is InChI=1S/C23H42/c1-18(2)23-14-12-22(13-15-23)17-21-10-8-20(9-11-21)16-19-6-4-3-5-7-19/h18-23H,3-17H2,1-2H3. The third kappa shape index (κ3) is 5.50. The molecule has 3 aliphatic carbocycles. The lowest BCUT2D eigenvalue weighted by Gasteiger charge is -2.36. The summed E-state index contributed by atoms with van der Waals surface area (Å²) in [5.41, 5.74) is 0. The molecular weight excluding hydrogens is 276 g/mol. The lowest BCUT2D eigenvalue weighted by atomic mass is 9.70. The van der Waals surface area contributed by atoms with Crippen LogP contribution in [0, 0.1) is 35.5 Å². The first kappa shape index (κ1) is 17.8. The minimum Gasteiger partial charge on any atom is -0.0625 e. The Morgan fingerprint density at radius 1 is 0.522 bits per heavy atom. The van der Waals surface area contributed by atoms with E-state index in [2.05, 4.69) is 13.8 Å². The Hall–Kier alpha value is 0. The highest BCUT2D eigenvalue weighted by atomic mass is 14.3. The molecule has 0 atom stereocenters. The van der Waals surface area contributed by atoms with Gasteiger partial charge in [0.2, 0.25) is 0 Å². The molecule has 0 unspecified atom stereocenters. The maximum absolute atomic E-state index is 2.43. The molecule has 0 radical (unpaired) electrons. The van der Waals surface area contributed by atoms with Crippen LogP contribution in [0.2, 0.25) is 0 Å². The van der Waals surface area contributed by atoms with Crippen LogP contribution in [0.15, 0.2) is 0 Å². The topological polar surface area (TPSA) is 0 Å². The summed E-state index contributed by atoms with van der Waals surface area (Å²) in [6, 6.07) is 0. The minimum atomic E-state index is 0.922. The Morgan fingerprint density at radius 3 is 1.35 bits per heavy atom. The molecule has 0 saturated heterocycles. The molecule has 0 bridgehead atoms. The minimum absolute atomic E-state index is 0.922. The summed E-state index contributed by atoms with van der Waals surface area (Å²) in [4.78, 5) is 0. The van der Waals surface area contributed by atoms with E-state index in [1.807, 2.05) is 0 Å². The van der Waals surface area contributed by atoms with Crippen LogP contribution >= 0.6 is 0 Å². The first-order chi connectivity index (χ1) is 11.2. The second-order valence-corrected chi connectivity index (χ2v) is 9.89. The van der Waals surface area contributed by atoms with E-state index in [-0.39, 0.29) is 0 Å². The lowest BCUT2D eigenvalue weighted by molar-refractivity contribution is 0.161. The highest BCUT2D eigenvalue weighted by Crippen LogP contribution is 2.42. The first-order valence-corrected chi connectivity index (χ1v) is 11.2. The largest absolute Gasteiger partial charge is 0.0625 e. The molecule has 134 valence electrons. The van der Waals surface area contributed by atoms with Crippen molar-refractivity contribution in [3.05, 3.63) is 0 Å². The average molecular weight is 319 g/mol. The number of rotatable bonds is 5. The van der Waals surface area contributed by atoms with Crippen molar-refractivity contribution in [2.24, 2.45) is 35.5 Å². The lowest BCUT2D eigenvalue weighted by Crippen LogP contribution is -2.23. The van der Waals surface area contributed by atoms with Gasteiger partial charge < -0.3 is 0 Å².